The lowest BCUT2D eigenvalue weighted by Crippen LogP contribution is -3.00. The molecule has 242 valence electrons. The molecule has 0 saturated carbocycles. The molecule has 4 atom stereocenters. The van der Waals surface area contributed by atoms with Gasteiger partial charge in [0.15, 0.2) is 5.13 Å². The molecule has 3 amide bonds. The largest absolute Gasteiger partial charge is 1.00 e. The summed E-state index contributed by atoms with van der Waals surface area (Å²) in [6.45, 7) is 4.09. The molecule has 45 heavy (non-hydrogen) atoms. The monoisotopic (exact) mass is 683 g/mol. The van der Waals surface area contributed by atoms with Gasteiger partial charge in [-0.1, -0.05) is 5.16 Å². The summed E-state index contributed by atoms with van der Waals surface area (Å²) < 4.78 is 13.9. The van der Waals surface area contributed by atoms with E-state index in [2.05, 4.69) is 25.1 Å². The first-order valence-electron chi connectivity index (χ1n) is 13.4. The van der Waals surface area contributed by atoms with Crippen molar-refractivity contribution in [3.8, 4) is 0 Å². The number of fused-ring (bicyclic) bond motifs is 1. The molecule has 1 aromatic heterocycles. The van der Waals surface area contributed by atoms with Crippen LogP contribution in [0.4, 0.5) is 5.13 Å². The number of nitrogen functional groups attached to an aromatic ring is 1. The highest BCUT2D eigenvalue weighted by Gasteiger charge is 2.55. The van der Waals surface area contributed by atoms with Crippen LogP contribution in [0.1, 0.15) is 32.5 Å². The Hall–Kier alpha value is -4.07. The van der Waals surface area contributed by atoms with E-state index < -0.39 is 53.0 Å². The first-order chi connectivity index (χ1) is 21.0. The van der Waals surface area contributed by atoms with Crippen LogP contribution in [0.15, 0.2) is 28.1 Å². The number of likely N-dealkylation sites (tertiary alicyclic amines) is 1. The molecule has 0 spiro atoms. The molecular formula is C25H28ClN8O9S2-. The van der Waals surface area contributed by atoms with Gasteiger partial charge in [-0.2, -0.15) is 9.36 Å². The second-order valence-corrected chi connectivity index (χ2v) is 12.1. The number of thioether (sulfide) groups is 1. The smallest absolute Gasteiger partial charge is 0.358 e. The number of rotatable bonds is 9. The van der Waals surface area contributed by atoms with Crippen LogP contribution < -0.4 is 28.8 Å². The number of carbonyl (C=O) groups is 6. The summed E-state index contributed by atoms with van der Waals surface area (Å²) in [7, 11) is 0. The maximum atomic E-state index is 13.5. The molecule has 0 aromatic carbocycles. The number of aromatic nitrogens is 2. The standard InChI is InChI=1S/C25H28N8O9S2.ClH/c1-10(34)24(41-11(2)35)42-23(39)17-13(7-12-4-6-32(20(12)37)14-3-5-27-8-14)9-43-22-16(21(38)33(17)22)28-19(36)15(30-40)18-29-25(26)44-31-18;/h7,14,16,22,24,27,40H,3-6,8-9H2,1-2H3,(H,28,36)(H2,26,29,31);1H/p-1/b12-7+,30-15-;/t14-,16-,22-,24?;/m1./s1. The Labute approximate surface area is 270 Å². The van der Waals surface area contributed by atoms with Crippen molar-refractivity contribution in [1.29, 1.82) is 0 Å². The molecule has 3 saturated heterocycles. The number of amides is 3. The first kappa shape index (κ1) is 33.8. The van der Waals surface area contributed by atoms with E-state index in [0.29, 0.717) is 25.1 Å². The molecule has 17 nitrogen and oxygen atoms in total. The zero-order chi connectivity index (χ0) is 31.7. The quantitative estimate of drug-likeness (QED) is 0.0365. The van der Waals surface area contributed by atoms with Crippen LogP contribution in [-0.2, 0) is 38.2 Å². The summed E-state index contributed by atoms with van der Waals surface area (Å²) in [5, 5.41) is 17.2. The summed E-state index contributed by atoms with van der Waals surface area (Å²) in [4.78, 5) is 83.3. The summed E-state index contributed by atoms with van der Waals surface area (Å²) in [5.41, 5.74) is 5.45. The molecular weight excluding hydrogens is 656 g/mol. The minimum absolute atomic E-state index is 0. The zero-order valence-electron chi connectivity index (χ0n) is 23.9. The van der Waals surface area contributed by atoms with Crippen LogP contribution >= 0.6 is 23.3 Å². The second-order valence-electron chi connectivity index (χ2n) is 10.2. The molecule has 0 aliphatic carbocycles. The van der Waals surface area contributed by atoms with Crippen molar-refractivity contribution in [1.82, 2.24) is 29.8 Å². The molecule has 0 radical (unpaired) electrons. The number of oxime groups is 1. The number of hydrogen-bond acceptors (Lipinski definition) is 16. The van der Waals surface area contributed by atoms with Gasteiger partial charge in [0.1, 0.15) is 17.1 Å². The van der Waals surface area contributed by atoms with Crippen molar-refractivity contribution in [3.63, 3.8) is 0 Å². The lowest BCUT2D eigenvalue weighted by atomic mass is 10.0. The molecule has 4 aliphatic rings. The number of nitrogens with one attached hydrogen (secondary N) is 2. The number of halogens is 1. The van der Waals surface area contributed by atoms with Gasteiger partial charge in [0.25, 0.3) is 11.8 Å². The van der Waals surface area contributed by atoms with Gasteiger partial charge in [-0.25, -0.2) is 4.79 Å². The Morgan fingerprint density at radius 1 is 1.24 bits per heavy atom. The first-order valence-corrected chi connectivity index (χ1v) is 15.2. The molecule has 3 fully saturated rings. The van der Waals surface area contributed by atoms with Crippen LogP contribution in [-0.4, -0.2) is 115 Å². The fraction of sp³-hybridized carbons (Fsp3) is 0.480. The van der Waals surface area contributed by atoms with Crippen molar-refractivity contribution < 1.29 is 55.9 Å². The van der Waals surface area contributed by atoms with Crippen LogP contribution in [0.3, 0.4) is 0 Å². The Bertz CT molecular complexity index is 1520. The zero-order valence-corrected chi connectivity index (χ0v) is 26.2. The van der Waals surface area contributed by atoms with Crippen LogP contribution in [0.5, 0.6) is 0 Å². The van der Waals surface area contributed by atoms with Gasteiger partial charge in [0, 0.05) is 55.8 Å². The van der Waals surface area contributed by atoms with Gasteiger partial charge in [-0.15, -0.1) is 11.8 Å². The SMILES string of the molecule is CC(=O)OC(OC(=O)C1=C(/C=C2\CCN([C@@H]3CCNC3)C2=O)CS[C@@H]2[C@H](NC(=O)/C(=N\O)c3nsc(N)n3)C(=O)N12)C(C)=O.[Cl-]. The molecule has 5 heterocycles. The second kappa shape index (κ2) is 13.9. The molecule has 4 aliphatic heterocycles. The number of carbonyl (C=O) groups excluding carboxylic acids is 6. The van der Waals surface area contributed by atoms with Crippen LogP contribution in [0.2, 0.25) is 0 Å². The third-order valence-electron chi connectivity index (χ3n) is 7.25. The summed E-state index contributed by atoms with van der Waals surface area (Å²) in [5.74, 6) is -4.76. The van der Waals surface area contributed by atoms with E-state index in [1.54, 1.807) is 11.0 Å². The molecule has 1 aromatic rings. The van der Waals surface area contributed by atoms with E-state index in [1.807, 2.05) is 0 Å². The van der Waals surface area contributed by atoms with Crippen molar-refractivity contribution in [2.24, 2.45) is 5.16 Å². The number of nitrogens with zero attached hydrogens (tertiary/aromatic N) is 5. The average molecular weight is 684 g/mol. The van der Waals surface area contributed by atoms with Crippen molar-refractivity contribution in [2.75, 3.05) is 31.1 Å². The molecule has 5 rings (SSSR count). The lowest BCUT2D eigenvalue weighted by Gasteiger charge is -2.49. The predicted octanol–water partition coefficient (Wildman–Crippen LogP) is -4.50. The third kappa shape index (κ3) is 6.80. The summed E-state index contributed by atoms with van der Waals surface area (Å²) in [6.07, 6.45) is 0.932. The number of anilines is 1. The number of hydrogen-bond donors (Lipinski definition) is 4. The highest BCUT2D eigenvalue weighted by Crippen LogP contribution is 2.42. The Kier molecular flexibility index (Phi) is 10.5. The van der Waals surface area contributed by atoms with Crippen molar-refractivity contribution in [2.45, 2.75) is 50.4 Å². The highest BCUT2D eigenvalue weighted by atomic mass is 35.5. The molecule has 0 bridgehead atoms. The fourth-order valence-electron chi connectivity index (χ4n) is 5.20. The number of ketones is 1. The van der Waals surface area contributed by atoms with Crippen molar-refractivity contribution in [3.05, 3.63) is 28.7 Å². The van der Waals surface area contributed by atoms with Crippen LogP contribution in [0.25, 0.3) is 0 Å². The molecule has 20 heteroatoms. The van der Waals surface area contributed by atoms with E-state index >= 15 is 0 Å². The van der Waals surface area contributed by atoms with E-state index in [4.69, 9.17) is 15.2 Å². The maximum Gasteiger partial charge on any atom is 0.358 e. The van der Waals surface area contributed by atoms with E-state index in [9.17, 15) is 34.0 Å². The molecule has 1 unspecified atom stereocenters. The van der Waals surface area contributed by atoms with Gasteiger partial charge in [-0.05, 0) is 31.0 Å². The van der Waals surface area contributed by atoms with Gasteiger partial charge in [0.05, 0.1) is 0 Å². The summed E-state index contributed by atoms with van der Waals surface area (Å²) >= 11 is 1.98. The van der Waals surface area contributed by atoms with Gasteiger partial charge < -0.3 is 48.4 Å². The van der Waals surface area contributed by atoms with E-state index in [0.717, 1.165) is 43.2 Å². The van der Waals surface area contributed by atoms with Gasteiger partial charge in [0.2, 0.25) is 23.2 Å². The van der Waals surface area contributed by atoms with E-state index in [1.165, 1.54) is 11.8 Å². The van der Waals surface area contributed by atoms with Gasteiger partial charge in [-0.3, -0.25) is 28.9 Å². The van der Waals surface area contributed by atoms with Crippen LogP contribution in [0, 0.1) is 0 Å². The third-order valence-corrected chi connectivity index (χ3v) is 9.09. The number of β-lactam (4-membered cyclic amide) rings is 1. The Morgan fingerprint density at radius 2 is 2.00 bits per heavy atom. The Balaban J connectivity index is 0.00000461. The predicted molar refractivity (Wildman–Crippen MR) is 153 cm³/mol. The minimum atomic E-state index is -1.86. The summed E-state index contributed by atoms with van der Waals surface area (Å²) in [6, 6.07) is -1.10. The fourth-order valence-corrected chi connectivity index (χ4v) is 6.94. The number of Topliss-reactive ketones (excluding diaryl/α,β-unsaturated/α-hetero) is 1. The number of esters is 2. The Morgan fingerprint density at radius 3 is 2.60 bits per heavy atom. The highest BCUT2D eigenvalue weighted by molar-refractivity contribution is 8.00. The minimum Gasteiger partial charge on any atom is -1.00 e. The average Bonchev–Trinajstić information content (AvgIpc) is 3.73. The van der Waals surface area contributed by atoms with Gasteiger partial charge >= 0.3 is 18.2 Å². The molecule has 5 N–H and O–H groups in total. The number of nitrogens with two attached hydrogens (primary N) is 1. The topological polar surface area (TPSA) is 236 Å². The maximum absolute atomic E-state index is 13.5. The number of ether oxygens (including phenoxy) is 2. The number of allylic oxidation sites excluding steroid dienone is 1. The van der Waals surface area contributed by atoms with E-state index in [-0.39, 0.29) is 52.3 Å². The lowest BCUT2D eigenvalue weighted by molar-refractivity contribution is -0.189. The normalized spacial score (nSPS) is 24.5. The van der Waals surface area contributed by atoms with Crippen molar-refractivity contribution >= 4 is 69.6 Å².